The molecular formula is C21H22ClN3O2S. The van der Waals surface area contributed by atoms with E-state index in [4.69, 9.17) is 16.3 Å². The number of carbonyl (C=O) groups excluding carboxylic acids is 1. The van der Waals surface area contributed by atoms with Crippen LogP contribution in [0.4, 0.5) is 0 Å². The molecule has 2 aromatic heterocycles. The molecule has 1 N–H and O–H groups in total. The van der Waals surface area contributed by atoms with Gasteiger partial charge in [0, 0.05) is 27.7 Å². The zero-order chi connectivity index (χ0) is 19.5. The van der Waals surface area contributed by atoms with E-state index < -0.39 is 5.97 Å². The van der Waals surface area contributed by atoms with Crippen LogP contribution in [0.25, 0.3) is 20.5 Å². The fourth-order valence-electron chi connectivity index (χ4n) is 3.56. The Balaban J connectivity index is 1.78. The van der Waals surface area contributed by atoms with Crippen molar-refractivity contribution in [3.05, 3.63) is 46.7 Å². The van der Waals surface area contributed by atoms with Crippen molar-refractivity contribution in [2.75, 3.05) is 13.2 Å². The molecule has 146 valence electrons. The Hall–Kier alpha value is -2.02. The van der Waals surface area contributed by atoms with Crippen LogP contribution in [0, 0.1) is 0 Å². The highest BCUT2D eigenvalue weighted by Gasteiger charge is 2.22. The molecule has 1 aliphatic rings. The van der Waals surface area contributed by atoms with E-state index >= 15 is 0 Å². The van der Waals surface area contributed by atoms with E-state index in [0.717, 1.165) is 45.6 Å². The topological polar surface area (TPSA) is 64.1 Å². The molecule has 7 heteroatoms. The fraction of sp³-hybridized carbons (Fsp3) is 0.381. The van der Waals surface area contributed by atoms with Crippen molar-refractivity contribution in [2.24, 2.45) is 0 Å². The molecule has 1 aliphatic heterocycles. The molecule has 3 heterocycles. The van der Waals surface area contributed by atoms with Crippen molar-refractivity contribution >= 4 is 39.0 Å². The summed E-state index contributed by atoms with van der Waals surface area (Å²) in [4.78, 5) is 13.5. The number of thiophene rings is 1. The summed E-state index contributed by atoms with van der Waals surface area (Å²) in [6, 6.07) is 10.2. The van der Waals surface area contributed by atoms with Gasteiger partial charge in [-0.1, -0.05) is 30.2 Å². The molecule has 0 bridgehead atoms. The third-order valence-corrected chi connectivity index (χ3v) is 6.42. The Bertz CT molecular complexity index is 981. The van der Waals surface area contributed by atoms with Crippen molar-refractivity contribution in [1.82, 2.24) is 15.5 Å². The molecule has 0 spiro atoms. The molecule has 0 aliphatic carbocycles. The van der Waals surface area contributed by atoms with Crippen molar-refractivity contribution in [3.63, 3.8) is 0 Å². The zero-order valence-corrected chi connectivity index (χ0v) is 17.3. The van der Waals surface area contributed by atoms with E-state index in [9.17, 15) is 4.79 Å². The van der Waals surface area contributed by atoms with Crippen LogP contribution in [-0.4, -0.2) is 35.4 Å². The Morgan fingerprint density at radius 2 is 2.11 bits per heavy atom. The van der Waals surface area contributed by atoms with E-state index in [1.54, 1.807) is 18.3 Å². The molecule has 4 rings (SSSR count). The lowest BCUT2D eigenvalue weighted by atomic mass is 9.99. The molecule has 3 aromatic rings. The van der Waals surface area contributed by atoms with E-state index in [-0.39, 0.29) is 0 Å². The highest BCUT2D eigenvalue weighted by molar-refractivity contribution is 7.22. The number of nitrogens with zero attached hydrogens (tertiary/aromatic N) is 2. The second-order valence-corrected chi connectivity index (χ2v) is 8.42. The Kier molecular flexibility index (Phi) is 5.90. The SMILES string of the molecule is CCOC(=O)c1nnc(CC2CCCCN2)c2cc(-c3ccc(Cl)cc3)sc12. The van der Waals surface area contributed by atoms with Crippen molar-refractivity contribution < 1.29 is 9.53 Å². The number of ether oxygens (including phenoxy) is 1. The second kappa shape index (κ2) is 8.55. The van der Waals surface area contributed by atoms with E-state index in [2.05, 4.69) is 21.6 Å². The van der Waals surface area contributed by atoms with Crippen LogP contribution >= 0.6 is 22.9 Å². The number of carbonyl (C=O) groups is 1. The summed E-state index contributed by atoms with van der Waals surface area (Å²) in [5, 5.41) is 13.9. The lowest BCUT2D eigenvalue weighted by Gasteiger charge is -2.23. The molecule has 0 saturated carbocycles. The van der Waals surface area contributed by atoms with Gasteiger partial charge in [0.25, 0.3) is 0 Å². The first-order chi connectivity index (χ1) is 13.7. The minimum Gasteiger partial charge on any atom is -0.461 e. The summed E-state index contributed by atoms with van der Waals surface area (Å²) in [7, 11) is 0. The maximum atomic E-state index is 12.4. The molecule has 1 saturated heterocycles. The Morgan fingerprint density at radius 3 is 2.82 bits per heavy atom. The number of halogens is 1. The molecule has 1 aromatic carbocycles. The zero-order valence-electron chi connectivity index (χ0n) is 15.7. The van der Waals surface area contributed by atoms with E-state index in [1.165, 1.54) is 12.8 Å². The first-order valence-corrected chi connectivity index (χ1v) is 10.8. The average Bonchev–Trinajstić information content (AvgIpc) is 3.15. The van der Waals surface area contributed by atoms with Gasteiger partial charge in [0.05, 0.1) is 17.0 Å². The molecule has 28 heavy (non-hydrogen) atoms. The van der Waals surface area contributed by atoms with Crippen LogP contribution < -0.4 is 5.32 Å². The predicted octanol–water partition coefficient (Wildman–Crippen LogP) is 4.87. The first-order valence-electron chi connectivity index (χ1n) is 9.61. The van der Waals surface area contributed by atoms with Gasteiger partial charge in [-0.05, 0) is 50.1 Å². The van der Waals surface area contributed by atoms with Gasteiger partial charge in [0.2, 0.25) is 0 Å². The average molecular weight is 416 g/mol. The molecule has 0 amide bonds. The minimum atomic E-state index is -0.424. The normalized spacial score (nSPS) is 17.0. The molecule has 1 fully saturated rings. The number of piperidine rings is 1. The minimum absolute atomic E-state index is 0.294. The largest absolute Gasteiger partial charge is 0.461 e. The van der Waals surface area contributed by atoms with E-state index in [0.29, 0.717) is 23.4 Å². The van der Waals surface area contributed by atoms with Crippen molar-refractivity contribution in [2.45, 2.75) is 38.6 Å². The molecule has 5 nitrogen and oxygen atoms in total. The number of hydrogen-bond acceptors (Lipinski definition) is 6. The third kappa shape index (κ3) is 4.04. The molecule has 1 atom stereocenters. The Morgan fingerprint density at radius 1 is 1.29 bits per heavy atom. The van der Waals surface area contributed by atoms with Crippen LogP contribution in [-0.2, 0) is 11.2 Å². The van der Waals surface area contributed by atoms with E-state index in [1.807, 2.05) is 24.3 Å². The predicted molar refractivity (Wildman–Crippen MR) is 113 cm³/mol. The summed E-state index contributed by atoms with van der Waals surface area (Å²) < 4.78 is 6.03. The maximum absolute atomic E-state index is 12.4. The van der Waals surface area contributed by atoms with Gasteiger partial charge in [-0.15, -0.1) is 16.4 Å². The van der Waals surface area contributed by atoms with Crippen LogP contribution in [0.1, 0.15) is 42.4 Å². The molecular weight excluding hydrogens is 394 g/mol. The summed E-state index contributed by atoms with van der Waals surface area (Å²) >= 11 is 7.57. The van der Waals surface area contributed by atoms with Gasteiger partial charge in [-0.25, -0.2) is 4.79 Å². The fourth-order valence-corrected chi connectivity index (χ4v) is 4.85. The summed E-state index contributed by atoms with van der Waals surface area (Å²) in [5.41, 5.74) is 2.28. The number of rotatable bonds is 5. The number of fused-ring (bicyclic) bond motifs is 1. The lowest BCUT2D eigenvalue weighted by molar-refractivity contribution is 0.0521. The monoisotopic (exact) mass is 415 g/mol. The quantitative estimate of drug-likeness (QED) is 0.602. The number of benzene rings is 1. The smallest absolute Gasteiger partial charge is 0.360 e. The van der Waals surface area contributed by atoms with Crippen LogP contribution in [0.5, 0.6) is 0 Å². The van der Waals surface area contributed by atoms with Crippen molar-refractivity contribution in [1.29, 1.82) is 0 Å². The van der Waals surface area contributed by atoms with Crippen LogP contribution in [0.2, 0.25) is 5.02 Å². The highest BCUT2D eigenvalue weighted by Crippen LogP contribution is 2.37. The van der Waals surface area contributed by atoms with Gasteiger partial charge in [0.1, 0.15) is 0 Å². The lowest BCUT2D eigenvalue weighted by Crippen LogP contribution is -2.35. The van der Waals surface area contributed by atoms with Gasteiger partial charge in [-0.3, -0.25) is 0 Å². The van der Waals surface area contributed by atoms with Crippen LogP contribution in [0.3, 0.4) is 0 Å². The summed E-state index contributed by atoms with van der Waals surface area (Å²) in [6.45, 7) is 3.15. The van der Waals surface area contributed by atoms with Gasteiger partial charge in [0.15, 0.2) is 5.69 Å². The third-order valence-electron chi connectivity index (χ3n) is 4.98. The van der Waals surface area contributed by atoms with Crippen LogP contribution in [0.15, 0.2) is 30.3 Å². The standard InChI is InChI=1S/C21H22ClN3O2S/c1-2-27-21(26)19-20-16(12-18(28-20)13-6-8-14(22)9-7-13)17(24-25-19)11-15-5-3-4-10-23-15/h6-9,12,15,23H,2-5,10-11H2,1H3. The number of nitrogens with one attached hydrogen (secondary N) is 1. The maximum Gasteiger partial charge on any atom is 0.360 e. The number of esters is 1. The second-order valence-electron chi connectivity index (χ2n) is 6.93. The summed E-state index contributed by atoms with van der Waals surface area (Å²) in [5.74, 6) is -0.424. The first kappa shape index (κ1) is 19.3. The molecule has 1 unspecified atom stereocenters. The molecule has 0 radical (unpaired) electrons. The number of aromatic nitrogens is 2. The van der Waals surface area contributed by atoms with Gasteiger partial charge < -0.3 is 10.1 Å². The highest BCUT2D eigenvalue weighted by atomic mass is 35.5. The van der Waals surface area contributed by atoms with Crippen molar-refractivity contribution in [3.8, 4) is 10.4 Å². The van der Waals surface area contributed by atoms with Gasteiger partial charge in [-0.2, -0.15) is 5.10 Å². The number of hydrogen-bond donors (Lipinski definition) is 1. The summed E-state index contributed by atoms with van der Waals surface area (Å²) in [6.07, 6.45) is 4.40. The Labute approximate surface area is 173 Å². The van der Waals surface area contributed by atoms with Gasteiger partial charge >= 0.3 is 5.97 Å².